The van der Waals surface area contributed by atoms with Crippen molar-refractivity contribution < 1.29 is 19.4 Å². The van der Waals surface area contributed by atoms with E-state index < -0.39 is 11.9 Å². The lowest BCUT2D eigenvalue weighted by Gasteiger charge is -2.18. The molecule has 5 heteroatoms. The van der Waals surface area contributed by atoms with Crippen LogP contribution in [0, 0.1) is 0 Å². The average Bonchev–Trinajstić information content (AvgIpc) is 2.31. The molecule has 17 heavy (non-hydrogen) atoms. The Bertz CT molecular complexity index is 392. The molecule has 0 bridgehead atoms. The summed E-state index contributed by atoms with van der Waals surface area (Å²) in [6, 6.07) is 5.33. The lowest BCUT2D eigenvalue weighted by molar-refractivity contribution is -0.138. The van der Waals surface area contributed by atoms with Gasteiger partial charge < -0.3 is 20.3 Å². The molecule has 5 nitrogen and oxygen atoms in total. The molecule has 3 N–H and O–H groups in total. The molecule has 0 aliphatic rings. The molecule has 1 atom stereocenters. The van der Waals surface area contributed by atoms with E-state index in [4.69, 9.17) is 20.3 Å². The number of carboxylic acid groups (broad SMARTS) is 1. The summed E-state index contributed by atoms with van der Waals surface area (Å²) in [5.41, 5.74) is 6.89. The van der Waals surface area contributed by atoms with Crippen LogP contribution in [0.5, 0.6) is 5.75 Å². The van der Waals surface area contributed by atoms with Crippen LogP contribution >= 0.6 is 0 Å². The van der Waals surface area contributed by atoms with Crippen LogP contribution in [-0.2, 0) is 16.1 Å². The van der Waals surface area contributed by atoms with Crippen LogP contribution in [0.1, 0.15) is 17.0 Å². The number of hydrogen-bond acceptors (Lipinski definition) is 4. The van der Waals surface area contributed by atoms with Crippen LogP contribution in [0.4, 0.5) is 0 Å². The molecule has 0 radical (unpaired) electrons. The summed E-state index contributed by atoms with van der Waals surface area (Å²) in [6.45, 7) is 0.350. The molecule has 94 valence electrons. The number of carbonyl (C=O) groups is 1. The smallest absolute Gasteiger partial charge is 0.312 e. The van der Waals surface area contributed by atoms with Crippen molar-refractivity contribution in [3.63, 3.8) is 0 Å². The number of benzene rings is 1. The summed E-state index contributed by atoms with van der Waals surface area (Å²) in [4.78, 5) is 11.2. The number of rotatable bonds is 6. The molecule has 0 saturated carbocycles. The van der Waals surface area contributed by atoms with E-state index in [1.165, 1.54) is 7.11 Å². The first-order chi connectivity index (χ1) is 8.15. The standard InChI is InChI=1S/C12H17NO4/c1-16-7-8-4-3-5-10(17-2)11(8)9(6-13)12(14)15/h3-5,9H,6-7,13H2,1-2H3,(H,14,15). The molecule has 1 rings (SSSR count). The van der Waals surface area contributed by atoms with Gasteiger partial charge in [-0.05, 0) is 11.6 Å². The summed E-state index contributed by atoms with van der Waals surface area (Å²) in [7, 11) is 3.06. The van der Waals surface area contributed by atoms with Gasteiger partial charge in [0.25, 0.3) is 0 Å². The van der Waals surface area contributed by atoms with Gasteiger partial charge in [0.05, 0.1) is 19.6 Å². The van der Waals surface area contributed by atoms with E-state index in [0.29, 0.717) is 17.9 Å². The van der Waals surface area contributed by atoms with Gasteiger partial charge in [-0.1, -0.05) is 12.1 Å². The van der Waals surface area contributed by atoms with Gasteiger partial charge in [-0.25, -0.2) is 0 Å². The number of methoxy groups -OCH3 is 2. The summed E-state index contributed by atoms with van der Waals surface area (Å²) < 4.78 is 10.2. The highest BCUT2D eigenvalue weighted by Gasteiger charge is 2.24. The normalized spacial score (nSPS) is 12.2. The van der Waals surface area contributed by atoms with Crippen molar-refractivity contribution in [2.24, 2.45) is 5.73 Å². The fourth-order valence-electron chi connectivity index (χ4n) is 1.79. The highest BCUT2D eigenvalue weighted by atomic mass is 16.5. The third-order valence-corrected chi connectivity index (χ3v) is 2.56. The number of hydrogen-bond donors (Lipinski definition) is 2. The summed E-state index contributed by atoms with van der Waals surface area (Å²) in [6.07, 6.45) is 0. The first kappa shape index (κ1) is 13.5. The third kappa shape index (κ3) is 2.95. The predicted molar refractivity (Wildman–Crippen MR) is 63.1 cm³/mol. The Morgan fingerprint density at radius 2 is 2.18 bits per heavy atom. The summed E-state index contributed by atoms with van der Waals surface area (Å²) >= 11 is 0. The van der Waals surface area contributed by atoms with E-state index in [9.17, 15) is 4.79 Å². The molecule has 0 aliphatic heterocycles. The van der Waals surface area contributed by atoms with Crippen molar-refractivity contribution in [1.29, 1.82) is 0 Å². The summed E-state index contributed by atoms with van der Waals surface area (Å²) in [5.74, 6) is -1.22. The maximum absolute atomic E-state index is 11.2. The van der Waals surface area contributed by atoms with Crippen molar-refractivity contribution in [2.45, 2.75) is 12.5 Å². The molecular formula is C12H17NO4. The van der Waals surface area contributed by atoms with E-state index in [1.807, 2.05) is 6.07 Å². The fraction of sp³-hybridized carbons (Fsp3) is 0.417. The first-order valence-corrected chi connectivity index (χ1v) is 5.23. The lowest BCUT2D eigenvalue weighted by atomic mass is 9.93. The van der Waals surface area contributed by atoms with Gasteiger partial charge in [0.1, 0.15) is 5.75 Å². The Hall–Kier alpha value is -1.59. The zero-order chi connectivity index (χ0) is 12.8. The van der Waals surface area contributed by atoms with Crippen molar-refractivity contribution in [3.05, 3.63) is 29.3 Å². The Labute approximate surface area is 100 Å². The second kappa shape index (κ2) is 6.22. The molecule has 0 heterocycles. The van der Waals surface area contributed by atoms with Crippen LogP contribution in [0.25, 0.3) is 0 Å². The van der Waals surface area contributed by atoms with Gasteiger partial charge in [0.2, 0.25) is 0 Å². The van der Waals surface area contributed by atoms with Crippen LogP contribution in [0.15, 0.2) is 18.2 Å². The molecule has 0 aliphatic carbocycles. The van der Waals surface area contributed by atoms with Crippen LogP contribution in [-0.4, -0.2) is 31.8 Å². The molecule has 0 aromatic heterocycles. The van der Waals surface area contributed by atoms with E-state index in [1.54, 1.807) is 19.2 Å². The molecule has 1 aromatic rings. The van der Waals surface area contributed by atoms with Crippen LogP contribution in [0.3, 0.4) is 0 Å². The lowest BCUT2D eigenvalue weighted by Crippen LogP contribution is -2.23. The largest absolute Gasteiger partial charge is 0.496 e. The second-order valence-electron chi connectivity index (χ2n) is 3.59. The first-order valence-electron chi connectivity index (χ1n) is 5.23. The third-order valence-electron chi connectivity index (χ3n) is 2.56. The molecule has 0 amide bonds. The van der Waals surface area contributed by atoms with E-state index in [-0.39, 0.29) is 6.54 Å². The Morgan fingerprint density at radius 3 is 2.65 bits per heavy atom. The molecular weight excluding hydrogens is 222 g/mol. The monoisotopic (exact) mass is 239 g/mol. The van der Waals surface area contributed by atoms with E-state index in [2.05, 4.69) is 0 Å². The van der Waals surface area contributed by atoms with Gasteiger partial charge in [0.15, 0.2) is 0 Å². The highest BCUT2D eigenvalue weighted by molar-refractivity contribution is 5.78. The maximum Gasteiger partial charge on any atom is 0.312 e. The zero-order valence-electron chi connectivity index (χ0n) is 9.97. The topological polar surface area (TPSA) is 81.8 Å². The molecule has 1 aromatic carbocycles. The SMILES string of the molecule is COCc1cccc(OC)c1C(CN)C(=O)O. The van der Waals surface area contributed by atoms with Crippen molar-refractivity contribution in [2.75, 3.05) is 20.8 Å². The number of carboxylic acids is 1. The van der Waals surface area contributed by atoms with Crippen molar-refractivity contribution >= 4 is 5.97 Å². The quantitative estimate of drug-likeness (QED) is 0.773. The molecule has 1 unspecified atom stereocenters. The van der Waals surface area contributed by atoms with Gasteiger partial charge in [0, 0.05) is 19.2 Å². The van der Waals surface area contributed by atoms with Gasteiger partial charge in [-0.2, -0.15) is 0 Å². The van der Waals surface area contributed by atoms with Gasteiger partial charge >= 0.3 is 5.97 Å². The van der Waals surface area contributed by atoms with Crippen molar-refractivity contribution in [3.8, 4) is 5.75 Å². The molecule has 0 saturated heterocycles. The fourth-order valence-corrected chi connectivity index (χ4v) is 1.79. The van der Waals surface area contributed by atoms with E-state index in [0.717, 1.165) is 5.56 Å². The minimum atomic E-state index is -0.964. The Kier molecular flexibility index (Phi) is 4.93. The number of ether oxygens (including phenoxy) is 2. The number of aliphatic carboxylic acids is 1. The van der Waals surface area contributed by atoms with Gasteiger partial charge in [-0.3, -0.25) is 4.79 Å². The van der Waals surface area contributed by atoms with Crippen LogP contribution in [0.2, 0.25) is 0 Å². The van der Waals surface area contributed by atoms with E-state index >= 15 is 0 Å². The Morgan fingerprint density at radius 1 is 1.47 bits per heavy atom. The minimum Gasteiger partial charge on any atom is -0.496 e. The average molecular weight is 239 g/mol. The predicted octanol–water partition coefficient (Wildman–Crippen LogP) is 0.969. The minimum absolute atomic E-state index is 0.0203. The zero-order valence-corrected chi connectivity index (χ0v) is 9.97. The van der Waals surface area contributed by atoms with Crippen LogP contribution < -0.4 is 10.5 Å². The Balaban J connectivity index is 3.28. The van der Waals surface area contributed by atoms with Crippen molar-refractivity contribution in [1.82, 2.24) is 0 Å². The highest BCUT2D eigenvalue weighted by Crippen LogP contribution is 2.30. The second-order valence-corrected chi connectivity index (χ2v) is 3.59. The number of nitrogens with two attached hydrogens (primary N) is 1. The molecule has 0 spiro atoms. The molecule has 0 fully saturated rings. The summed E-state index contributed by atoms with van der Waals surface area (Å²) in [5, 5.41) is 9.16. The maximum atomic E-state index is 11.2. The van der Waals surface area contributed by atoms with Gasteiger partial charge in [-0.15, -0.1) is 0 Å².